The maximum absolute atomic E-state index is 12.1. The number of aromatic nitrogens is 1. The van der Waals surface area contributed by atoms with Crippen LogP contribution in [-0.4, -0.2) is 36.2 Å². The molecular formula is C16H20ClN3O3. The summed E-state index contributed by atoms with van der Waals surface area (Å²) in [7, 11) is 0. The van der Waals surface area contributed by atoms with Crippen LogP contribution in [-0.2, 0) is 16.1 Å². The van der Waals surface area contributed by atoms with E-state index in [0.717, 1.165) is 5.56 Å². The van der Waals surface area contributed by atoms with Gasteiger partial charge >= 0.3 is 0 Å². The van der Waals surface area contributed by atoms with Crippen LogP contribution in [0.1, 0.15) is 12.6 Å². The molecule has 1 aromatic heterocycles. The molecule has 0 spiro atoms. The first-order valence-electron chi connectivity index (χ1n) is 7.36. The highest BCUT2D eigenvalue weighted by molar-refractivity contribution is 5.85. The Labute approximate surface area is 141 Å². The molecule has 2 aromatic rings. The molecular weight excluding hydrogens is 318 g/mol. The Balaban J connectivity index is 0.00000192. The second-order valence-corrected chi connectivity index (χ2v) is 5.24. The lowest BCUT2D eigenvalue weighted by molar-refractivity contribution is -0.129. The molecule has 0 radical (unpaired) electrons. The van der Waals surface area contributed by atoms with Gasteiger partial charge in [-0.1, -0.05) is 18.2 Å². The van der Waals surface area contributed by atoms with Crippen LogP contribution in [0.15, 0.2) is 41.0 Å². The van der Waals surface area contributed by atoms with Crippen molar-refractivity contribution in [3.63, 3.8) is 0 Å². The molecule has 3 rings (SSSR count). The molecule has 124 valence electrons. The number of carbonyl (C=O) groups is 1. The number of nitrogens with one attached hydrogen (secondary N) is 2. The third-order valence-corrected chi connectivity index (χ3v) is 3.62. The average molecular weight is 338 g/mol. The largest absolute Gasteiger partial charge is 0.444 e. The van der Waals surface area contributed by atoms with Gasteiger partial charge in [-0.25, -0.2) is 4.98 Å². The van der Waals surface area contributed by atoms with Gasteiger partial charge in [0.1, 0.15) is 12.3 Å². The molecule has 0 bridgehead atoms. The number of benzene rings is 1. The Kier molecular flexibility index (Phi) is 6.15. The summed E-state index contributed by atoms with van der Waals surface area (Å²) in [4.78, 5) is 16.5. The van der Waals surface area contributed by atoms with Gasteiger partial charge in [-0.15, -0.1) is 12.4 Å². The van der Waals surface area contributed by atoms with Crippen LogP contribution >= 0.6 is 12.4 Å². The SMILES string of the molecule is C[C@H]1OCCN[C@@H]1C(=O)NCc1coc(-c2ccccc2)n1.Cl. The van der Waals surface area contributed by atoms with Crippen LogP contribution in [0.5, 0.6) is 0 Å². The van der Waals surface area contributed by atoms with Gasteiger partial charge in [-0.2, -0.15) is 0 Å². The second-order valence-electron chi connectivity index (χ2n) is 5.24. The Bertz CT molecular complexity index is 633. The van der Waals surface area contributed by atoms with Crippen LogP contribution in [0.3, 0.4) is 0 Å². The molecule has 1 aromatic carbocycles. The molecule has 2 heterocycles. The van der Waals surface area contributed by atoms with E-state index in [2.05, 4.69) is 15.6 Å². The summed E-state index contributed by atoms with van der Waals surface area (Å²) in [6.07, 6.45) is 1.43. The molecule has 7 heteroatoms. The highest BCUT2D eigenvalue weighted by Crippen LogP contribution is 2.17. The fourth-order valence-corrected chi connectivity index (χ4v) is 2.42. The Morgan fingerprint density at radius 3 is 2.91 bits per heavy atom. The summed E-state index contributed by atoms with van der Waals surface area (Å²) in [5.74, 6) is 0.466. The van der Waals surface area contributed by atoms with E-state index in [9.17, 15) is 4.79 Å². The first-order valence-corrected chi connectivity index (χ1v) is 7.36. The molecule has 0 aliphatic carbocycles. The Morgan fingerprint density at radius 2 is 2.17 bits per heavy atom. The average Bonchev–Trinajstić information content (AvgIpc) is 3.03. The second kappa shape index (κ2) is 8.10. The predicted molar refractivity (Wildman–Crippen MR) is 88.2 cm³/mol. The summed E-state index contributed by atoms with van der Waals surface area (Å²) in [6.45, 7) is 3.54. The van der Waals surface area contributed by atoms with Crippen molar-refractivity contribution in [2.45, 2.75) is 25.6 Å². The van der Waals surface area contributed by atoms with Crippen LogP contribution in [0.2, 0.25) is 0 Å². The molecule has 23 heavy (non-hydrogen) atoms. The minimum absolute atomic E-state index is 0. The van der Waals surface area contributed by atoms with E-state index < -0.39 is 0 Å². The summed E-state index contributed by atoms with van der Waals surface area (Å²) < 4.78 is 10.9. The standard InChI is InChI=1S/C16H19N3O3.ClH/c1-11-14(17-7-8-21-11)15(20)18-9-13-10-22-16(19-13)12-5-3-2-4-6-12;/h2-6,10-11,14,17H,7-9H2,1H3,(H,18,20);1H/t11-,14+;/m1./s1. The zero-order valence-corrected chi connectivity index (χ0v) is 13.6. The number of nitrogens with zero attached hydrogens (tertiary/aromatic N) is 1. The van der Waals surface area contributed by atoms with Crippen LogP contribution in [0, 0.1) is 0 Å². The van der Waals surface area contributed by atoms with E-state index in [0.29, 0.717) is 31.3 Å². The van der Waals surface area contributed by atoms with Gasteiger partial charge in [0.25, 0.3) is 0 Å². The predicted octanol–water partition coefficient (Wildman–Crippen LogP) is 1.76. The molecule has 6 nitrogen and oxygen atoms in total. The van der Waals surface area contributed by atoms with E-state index in [1.165, 1.54) is 0 Å². The number of halogens is 1. The summed E-state index contributed by atoms with van der Waals surface area (Å²) in [6, 6.07) is 9.33. The lowest BCUT2D eigenvalue weighted by atomic mass is 10.1. The van der Waals surface area contributed by atoms with Crippen molar-refractivity contribution in [3.05, 3.63) is 42.3 Å². The van der Waals surface area contributed by atoms with Crippen molar-refractivity contribution in [1.82, 2.24) is 15.6 Å². The molecule has 0 saturated carbocycles. The zero-order valence-electron chi connectivity index (χ0n) is 12.8. The number of carbonyl (C=O) groups excluding carboxylic acids is 1. The topological polar surface area (TPSA) is 76.4 Å². The van der Waals surface area contributed by atoms with Gasteiger partial charge in [-0.3, -0.25) is 4.79 Å². The Hall–Kier alpha value is -1.89. The number of amides is 1. The number of hydrogen-bond donors (Lipinski definition) is 2. The number of ether oxygens (including phenoxy) is 1. The van der Waals surface area contributed by atoms with Gasteiger partial charge < -0.3 is 19.8 Å². The van der Waals surface area contributed by atoms with Crippen molar-refractivity contribution in [3.8, 4) is 11.5 Å². The van der Waals surface area contributed by atoms with E-state index in [-0.39, 0.29) is 30.5 Å². The molecule has 2 N–H and O–H groups in total. The molecule has 1 aliphatic heterocycles. The van der Waals surface area contributed by atoms with Crippen molar-refractivity contribution in [1.29, 1.82) is 0 Å². The van der Waals surface area contributed by atoms with Crippen LogP contribution in [0.4, 0.5) is 0 Å². The molecule has 1 amide bonds. The summed E-state index contributed by atoms with van der Waals surface area (Å²) in [5, 5.41) is 6.02. The number of hydrogen-bond acceptors (Lipinski definition) is 5. The molecule has 1 aliphatic rings. The van der Waals surface area contributed by atoms with Gasteiger partial charge in [0.2, 0.25) is 11.8 Å². The van der Waals surface area contributed by atoms with Gasteiger partial charge in [0, 0.05) is 12.1 Å². The van der Waals surface area contributed by atoms with E-state index in [4.69, 9.17) is 9.15 Å². The van der Waals surface area contributed by atoms with Gasteiger partial charge in [-0.05, 0) is 19.1 Å². The Morgan fingerprint density at radius 1 is 1.39 bits per heavy atom. The van der Waals surface area contributed by atoms with Crippen LogP contribution < -0.4 is 10.6 Å². The molecule has 1 fully saturated rings. The summed E-state index contributed by atoms with van der Waals surface area (Å²) >= 11 is 0. The maximum Gasteiger partial charge on any atom is 0.240 e. The molecule has 0 unspecified atom stereocenters. The smallest absolute Gasteiger partial charge is 0.240 e. The lowest BCUT2D eigenvalue weighted by Gasteiger charge is -2.29. The third kappa shape index (κ3) is 4.31. The normalized spacial score (nSPS) is 20.6. The first-order chi connectivity index (χ1) is 10.7. The third-order valence-electron chi connectivity index (χ3n) is 3.62. The monoisotopic (exact) mass is 337 g/mol. The van der Waals surface area contributed by atoms with Crippen molar-refractivity contribution in [2.75, 3.05) is 13.2 Å². The molecule has 2 atom stereocenters. The van der Waals surface area contributed by atoms with Gasteiger partial charge in [0.05, 0.1) is 24.9 Å². The highest BCUT2D eigenvalue weighted by atomic mass is 35.5. The van der Waals surface area contributed by atoms with Crippen LogP contribution in [0.25, 0.3) is 11.5 Å². The minimum Gasteiger partial charge on any atom is -0.444 e. The van der Waals surface area contributed by atoms with Crippen molar-refractivity contribution in [2.24, 2.45) is 0 Å². The minimum atomic E-state index is -0.325. The lowest BCUT2D eigenvalue weighted by Crippen LogP contribution is -2.55. The zero-order chi connectivity index (χ0) is 15.4. The highest BCUT2D eigenvalue weighted by Gasteiger charge is 2.28. The number of rotatable bonds is 4. The van der Waals surface area contributed by atoms with E-state index in [1.54, 1.807) is 6.26 Å². The van der Waals surface area contributed by atoms with E-state index in [1.807, 2.05) is 37.3 Å². The van der Waals surface area contributed by atoms with E-state index >= 15 is 0 Å². The molecule has 1 saturated heterocycles. The van der Waals surface area contributed by atoms with Crippen molar-refractivity contribution < 1.29 is 13.9 Å². The summed E-state index contributed by atoms with van der Waals surface area (Å²) in [5.41, 5.74) is 1.60. The fraction of sp³-hybridized carbons (Fsp3) is 0.375. The fourth-order valence-electron chi connectivity index (χ4n) is 2.42. The maximum atomic E-state index is 12.1. The van der Waals surface area contributed by atoms with Gasteiger partial charge in [0.15, 0.2) is 0 Å². The number of oxazole rings is 1. The van der Waals surface area contributed by atoms with Crippen molar-refractivity contribution >= 4 is 18.3 Å². The quantitative estimate of drug-likeness (QED) is 0.889. The number of morpholine rings is 1. The first kappa shape index (κ1) is 17.5.